The fourth-order valence-corrected chi connectivity index (χ4v) is 2.83. The van der Waals surface area contributed by atoms with Gasteiger partial charge in [0.1, 0.15) is 0 Å². The second kappa shape index (κ2) is 4.80. The first-order chi connectivity index (χ1) is 7.38. The third-order valence-electron chi connectivity index (χ3n) is 2.80. The largest absolute Gasteiger partial charge is 0.481 e. The molecule has 0 spiro atoms. The van der Waals surface area contributed by atoms with E-state index in [-0.39, 0.29) is 0 Å². The van der Waals surface area contributed by atoms with Gasteiger partial charge < -0.3 is 5.11 Å². The van der Waals surface area contributed by atoms with Gasteiger partial charge in [-0.3, -0.25) is 4.79 Å². The molecule has 0 aromatic heterocycles. The van der Waals surface area contributed by atoms with E-state index in [1.807, 2.05) is 0 Å². The molecule has 7 heteroatoms. The predicted octanol–water partition coefficient (Wildman–Crippen LogP) is 0.0712. The highest BCUT2D eigenvalue weighted by Gasteiger charge is 2.36. The smallest absolute Gasteiger partial charge is 0.308 e. The molecule has 90 valence electrons. The SMILES string of the molecule is CC(C#N)S(=O)(=O)NC1CCCC1C(=O)O. The van der Waals surface area contributed by atoms with Crippen molar-refractivity contribution in [1.29, 1.82) is 5.26 Å². The molecule has 1 aliphatic rings. The van der Waals surface area contributed by atoms with Crippen LogP contribution in [0.25, 0.3) is 0 Å². The number of hydrogen-bond acceptors (Lipinski definition) is 4. The first kappa shape index (κ1) is 12.9. The van der Waals surface area contributed by atoms with Crippen LogP contribution in [0.3, 0.4) is 0 Å². The van der Waals surface area contributed by atoms with E-state index < -0.39 is 33.2 Å². The molecule has 16 heavy (non-hydrogen) atoms. The molecule has 1 aliphatic carbocycles. The van der Waals surface area contributed by atoms with Crippen LogP contribution in [0.4, 0.5) is 0 Å². The molecule has 0 aromatic carbocycles. The summed E-state index contributed by atoms with van der Waals surface area (Å²) in [5.74, 6) is -1.67. The van der Waals surface area contributed by atoms with Gasteiger partial charge in [0.15, 0.2) is 5.25 Å². The van der Waals surface area contributed by atoms with Crippen LogP contribution in [0.5, 0.6) is 0 Å². The molecule has 2 N–H and O–H groups in total. The number of carboxylic acid groups (broad SMARTS) is 1. The molecule has 3 unspecified atom stereocenters. The summed E-state index contributed by atoms with van der Waals surface area (Å²) >= 11 is 0. The zero-order chi connectivity index (χ0) is 12.3. The summed E-state index contributed by atoms with van der Waals surface area (Å²) in [5, 5.41) is 16.2. The Hall–Kier alpha value is -1.13. The van der Waals surface area contributed by atoms with Crippen molar-refractivity contribution in [2.24, 2.45) is 5.92 Å². The Balaban J connectivity index is 2.75. The Morgan fingerprint density at radius 3 is 2.69 bits per heavy atom. The van der Waals surface area contributed by atoms with Crippen molar-refractivity contribution in [2.75, 3.05) is 0 Å². The zero-order valence-corrected chi connectivity index (χ0v) is 9.70. The highest BCUT2D eigenvalue weighted by Crippen LogP contribution is 2.26. The lowest BCUT2D eigenvalue weighted by Crippen LogP contribution is -2.43. The van der Waals surface area contributed by atoms with E-state index in [9.17, 15) is 13.2 Å². The number of nitriles is 1. The monoisotopic (exact) mass is 246 g/mol. The zero-order valence-electron chi connectivity index (χ0n) is 8.88. The summed E-state index contributed by atoms with van der Waals surface area (Å²) < 4.78 is 25.4. The van der Waals surface area contributed by atoms with Gasteiger partial charge in [0.05, 0.1) is 12.0 Å². The third kappa shape index (κ3) is 2.71. The fourth-order valence-electron chi connectivity index (χ4n) is 1.78. The second-order valence-electron chi connectivity index (χ2n) is 3.92. The lowest BCUT2D eigenvalue weighted by Gasteiger charge is -2.18. The van der Waals surface area contributed by atoms with E-state index in [4.69, 9.17) is 10.4 Å². The van der Waals surface area contributed by atoms with Gasteiger partial charge >= 0.3 is 5.97 Å². The van der Waals surface area contributed by atoms with E-state index in [0.717, 1.165) is 0 Å². The van der Waals surface area contributed by atoms with Gasteiger partial charge in [0.25, 0.3) is 0 Å². The van der Waals surface area contributed by atoms with Crippen molar-refractivity contribution >= 4 is 16.0 Å². The average molecular weight is 246 g/mol. The first-order valence-electron chi connectivity index (χ1n) is 5.02. The summed E-state index contributed by atoms with van der Waals surface area (Å²) in [7, 11) is -3.73. The lowest BCUT2D eigenvalue weighted by atomic mass is 10.1. The summed E-state index contributed by atoms with van der Waals surface area (Å²) in [6.07, 6.45) is 1.67. The molecule has 0 heterocycles. The van der Waals surface area contributed by atoms with E-state index in [1.165, 1.54) is 6.92 Å². The minimum Gasteiger partial charge on any atom is -0.481 e. The average Bonchev–Trinajstić information content (AvgIpc) is 2.63. The van der Waals surface area contributed by atoms with Gasteiger partial charge in [-0.15, -0.1) is 0 Å². The molecule has 0 aromatic rings. The summed E-state index contributed by atoms with van der Waals surface area (Å²) in [6.45, 7) is 1.27. The highest BCUT2D eigenvalue weighted by molar-refractivity contribution is 7.90. The molecule has 0 radical (unpaired) electrons. The Labute approximate surface area is 94.3 Å². The predicted molar refractivity (Wildman–Crippen MR) is 55.9 cm³/mol. The van der Waals surface area contributed by atoms with Gasteiger partial charge in [0.2, 0.25) is 10.0 Å². The maximum absolute atomic E-state index is 11.6. The number of nitrogens with one attached hydrogen (secondary N) is 1. The van der Waals surface area contributed by atoms with Crippen molar-refractivity contribution in [3.05, 3.63) is 0 Å². The fraction of sp³-hybridized carbons (Fsp3) is 0.778. The van der Waals surface area contributed by atoms with Crippen molar-refractivity contribution in [2.45, 2.75) is 37.5 Å². The molecule has 0 bridgehead atoms. The number of aliphatic carboxylic acids is 1. The topological polar surface area (TPSA) is 107 Å². The van der Waals surface area contributed by atoms with Gasteiger partial charge in [-0.25, -0.2) is 13.1 Å². The van der Waals surface area contributed by atoms with Crippen molar-refractivity contribution in [3.8, 4) is 6.07 Å². The van der Waals surface area contributed by atoms with Crippen LogP contribution in [-0.2, 0) is 14.8 Å². The van der Waals surface area contributed by atoms with Gasteiger partial charge in [-0.1, -0.05) is 6.42 Å². The molecule has 1 fully saturated rings. The molecule has 1 saturated carbocycles. The van der Waals surface area contributed by atoms with E-state index >= 15 is 0 Å². The van der Waals surface area contributed by atoms with Gasteiger partial charge in [0, 0.05) is 6.04 Å². The number of sulfonamides is 1. The maximum Gasteiger partial charge on any atom is 0.308 e. The highest BCUT2D eigenvalue weighted by atomic mass is 32.2. The number of carbonyl (C=O) groups is 1. The summed E-state index contributed by atoms with van der Waals surface area (Å²) in [6, 6.07) is 1.04. The molecule has 6 nitrogen and oxygen atoms in total. The van der Waals surface area contributed by atoms with Crippen LogP contribution in [0, 0.1) is 17.2 Å². The minimum atomic E-state index is -3.73. The molecule has 3 atom stereocenters. The maximum atomic E-state index is 11.6. The second-order valence-corrected chi connectivity index (χ2v) is 5.95. The van der Waals surface area contributed by atoms with Crippen LogP contribution in [-0.4, -0.2) is 30.8 Å². The van der Waals surface area contributed by atoms with Crippen LogP contribution < -0.4 is 4.72 Å². The van der Waals surface area contributed by atoms with Crippen LogP contribution in [0.2, 0.25) is 0 Å². The summed E-state index contributed by atoms with van der Waals surface area (Å²) in [5.41, 5.74) is 0. The Morgan fingerprint density at radius 1 is 1.56 bits per heavy atom. The first-order valence-corrected chi connectivity index (χ1v) is 6.56. The standard InChI is InChI=1S/C9H14N2O4S/c1-6(5-10)16(14,15)11-8-4-2-3-7(8)9(12)13/h6-8,11H,2-4H2,1H3,(H,12,13). The molecule has 1 rings (SSSR count). The Morgan fingerprint density at radius 2 is 2.19 bits per heavy atom. The number of carboxylic acids is 1. The third-order valence-corrected chi connectivity index (χ3v) is 4.46. The normalized spacial score (nSPS) is 27.2. The number of rotatable bonds is 4. The van der Waals surface area contributed by atoms with E-state index in [2.05, 4.69) is 4.72 Å². The van der Waals surface area contributed by atoms with E-state index in [0.29, 0.717) is 19.3 Å². The Kier molecular flexibility index (Phi) is 3.88. The van der Waals surface area contributed by atoms with Crippen molar-refractivity contribution in [3.63, 3.8) is 0 Å². The summed E-state index contributed by atoms with van der Waals surface area (Å²) in [4.78, 5) is 10.8. The molecular formula is C9H14N2O4S. The molecule has 0 amide bonds. The molecule has 0 saturated heterocycles. The van der Waals surface area contributed by atoms with Crippen molar-refractivity contribution < 1.29 is 18.3 Å². The van der Waals surface area contributed by atoms with E-state index in [1.54, 1.807) is 6.07 Å². The number of hydrogen-bond donors (Lipinski definition) is 2. The molecular weight excluding hydrogens is 232 g/mol. The Bertz CT molecular complexity index is 412. The van der Waals surface area contributed by atoms with Gasteiger partial charge in [-0.2, -0.15) is 5.26 Å². The van der Waals surface area contributed by atoms with Crippen LogP contribution >= 0.6 is 0 Å². The number of nitrogens with zero attached hydrogens (tertiary/aromatic N) is 1. The van der Waals surface area contributed by atoms with Gasteiger partial charge in [-0.05, 0) is 19.8 Å². The minimum absolute atomic E-state index is 0.476. The molecule has 0 aliphatic heterocycles. The van der Waals surface area contributed by atoms with Crippen LogP contribution in [0.15, 0.2) is 0 Å². The van der Waals surface area contributed by atoms with Crippen molar-refractivity contribution in [1.82, 2.24) is 4.72 Å². The van der Waals surface area contributed by atoms with Crippen LogP contribution in [0.1, 0.15) is 26.2 Å². The quantitative estimate of drug-likeness (QED) is 0.730. The lowest BCUT2D eigenvalue weighted by molar-refractivity contribution is -0.141.